The van der Waals surface area contributed by atoms with Crippen LogP contribution < -0.4 is 5.73 Å². The Morgan fingerprint density at radius 2 is 2.45 bits per heavy atom. The number of hydrogen-bond donors (Lipinski definition) is 2. The van der Waals surface area contributed by atoms with E-state index in [0.717, 1.165) is 12.8 Å². The Balaban J connectivity index is 2.29. The van der Waals surface area contributed by atoms with Crippen molar-refractivity contribution >= 4 is 0 Å². The molecule has 11 heavy (non-hydrogen) atoms. The summed E-state index contributed by atoms with van der Waals surface area (Å²) in [5.74, 6) is -0.0373. The van der Waals surface area contributed by atoms with E-state index in [2.05, 4.69) is 10.3 Å². The van der Waals surface area contributed by atoms with Gasteiger partial charge in [-0.25, -0.2) is 4.68 Å². The van der Waals surface area contributed by atoms with Crippen LogP contribution in [-0.4, -0.2) is 26.6 Å². The Kier molecular flexibility index (Phi) is 1.17. The summed E-state index contributed by atoms with van der Waals surface area (Å²) in [6.07, 6.45) is 3.58. The summed E-state index contributed by atoms with van der Waals surface area (Å²) in [5.41, 5.74) is 5.51. The highest BCUT2D eigenvalue weighted by Gasteiger charge is 2.44. The van der Waals surface area contributed by atoms with Crippen LogP contribution in [0.3, 0.4) is 0 Å². The van der Waals surface area contributed by atoms with Gasteiger partial charge in [-0.1, -0.05) is 10.3 Å². The molecule has 3 N–H and O–H groups in total. The number of aromatic nitrogens is 3. The topological polar surface area (TPSA) is 77.0 Å². The van der Waals surface area contributed by atoms with Crippen molar-refractivity contribution in [1.82, 2.24) is 15.0 Å². The molecule has 1 aromatic heterocycles. The van der Waals surface area contributed by atoms with Crippen LogP contribution in [0.2, 0.25) is 0 Å². The standard InChI is InChI=1S/C6H10N4O/c7-4-6(1-2-6)10-3-5(11)8-9-10/h3,11H,1-2,4,7H2. The largest absolute Gasteiger partial charge is 0.491 e. The van der Waals surface area contributed by atoms with Gasteiger partial charge in [0.1, 0.15) is 0 Å². The van der Waals surface area contributed by atoms with Gasteiger partial charge in [-0.2, -0.15) is 0 Å². The molecule has 1 aromatic rings. The van der Waals surface area contributed by atoms with Crippen LogP contribution in [0.1, 0.15) is 12.8 Å². The number of nitrogens with two attached hydrogens (primary N) is 1. The van der Waals surface area contributed by atoms with Gasteiger partial charge < -0.3 is 10.8 Å². The van der Waals surface area contributed by atoms with Crippen molar-refractivity contribution in [3.05, 3.63) is 6.20 Å². The lowest BCUT2D eigenvalue weighted by molar-refractivity contribution is 0.429. The summed E-state index contributed by atoms with van der Waals surface area (Å²) in [7, 11) is 0. The predicted molar refractivity (Wildman–Crippen MR) is 37.9 cm³/mol. The Labute approximate surface area is 63.8 Å². The first-order valence-electron chi connectivity index (χ1n) is 3.59. The average Bonchev–Trinajstić information content (AvgIpc) is 2.70. The molecule has 60 valence electrons. The van der Waals surface area contributed by atoms with Crippen LogP contribution in [0.5, 0.6) is 5.88 Å². The molecule has 2 rings (SSSR count). The Morgan fingerprint density at radius 1 is 1.73 bits per heavy atom. The molecule has 0 bridgehead atoms. The van der Waals surface area contributed by atoms with Crippen molar-refractivity contribution < 1.29 is 5.11 Å². The van der Waals surface area contributed by atoms with Crippen LogP contribution in [0, 0.1) is 0 Å². The molecule has 0 radical (unpaired) electrons. The predicted octanol–water partition coefficient (Wildman–Crippen LogP) is -0.569. The van der Waals surface area contributed by atoms with Gasteiger partial charge in [-0.15, -0.1) is 0 Å². The highest BCUT2D eigenvalue weighted by molar-refractivity contribution is 5.06. The zero-order valence-electron chi connectivity index (χ0n) is 6.06. The minimum Gasteiger partial charge on any atom is -0.491 e. The van der Waals surface area contributed by atoms with Gasteiger partial charge in [0.25, 0.3) is 5.88 Å². The van der Waals surface area contributed by atoms with E-state index in [4.69, 9.17) is 10.8 Å². The van der Waals surface area contributed by atoms with Crippen molar-refractivity contribution in [2.45, 2.75) is 18.4 Å². The van der Waals surface area contributed by atoms with E-state index in [0.29, 0.717) is 6.54 Å². The molecule has 1 saturated carbocycles. The van der Waals surface area contributed by atoms with E-state index in [1.165, 1.54) is 6.20 Å². The van der Waals surface area contributed by atoms with Gasteiger partial charge in [-0.3, -0.25) is 0 Å². The summed E-state index contributed by atoms with van der Waals surface area (Å²) in [6.45, 7) is 0.565. The lowest BCUT2D eigenvalue weighted by Gasteiger charge is -2.10. The molecule has 1 heterocycles. The molecule has 0 aromatic carbocycles. The Morgan fingerprint density at radius 3 is 2.82 bits per heavy atom. The highest BCUT2D eigenvalue weighted by Crippen LogP contribution is 2.41. The Bertz CT molecular complexity index is 265. The molecule has 0 amide bonds. The van der Waals surface area contributed by atoms with Crippen LogP contribution in [0.15, 0.2) is 6.20 Å². The normalized spacial score (nSPS) is 20.1. The molecular formula is C6H10N4O. The molecule has 5 nitrogen and oxygen atoms in total. The van der Waals surface area contributed by atoms with E-state index in [-0.39, 0.29) is 11.4 Å². The lowest BCUT2D eigenvalue weighted by Crippen LogP contribution is -2.27. The lowest BCUT2D eigenvalue weighted by atomic mass is 10.3. The summed E-state index contributed by atoms with van der Waals surface area (Å²) >= 11 is 0. The third-order valence-electron chi connectivity index (χ3n) is 2.17. The average molecular weight is 154 g/mol. The molecule has 1 fully saturated rings. The third kappa shape index (κ3) is 0.883. The van der Waals surface area contributed by atoms with Crippen molar-refractivity contribution in [3.8, 4) is 5.88 Å². The van der Waals surface area contributed by atoms with Gasteiger partial charge >= 0.3 is 0 Å². The molecule has 1 aliphatic rings. The van der Waals surface area contributed by atoms with E-state index in [9.17, 15) is 0 Å². The maximum absolute atomic E-state index is 8.90. The summed E-state index contributed by atoms with van der Waals surface area (Å²) in [5, 5.41) is 16.1. The van der Waals surface area contributed by atoms with E-state index in [1.54, 1.807) is 4.68 Å². The van der Waals surface area contributed by atoms with Gasteiger partial charge in [0.05, 0.1) is 11.7 Å². The first kappa shape index (κ1) is 6.60. The first-order valence-corrected chi connectivity index (χ1v) is 3.59. The second-order valence-electron chi connectivity index (χ2n) is 2.95. The van der Waals surface area contributed by atoms with Gasteiger partial charge in [0.2, 0.25) is 0 Å². The first-order chi connectivity index (χ1) is 5.27. The van der Waals surface area contributed by atoms with Crippen LogP contribution in [-0.2, 0) is 5.54 Å². The summed E-state index contributed by atoms with van der Waals surface area (Å²) in [6, 6.07) is 0. The molecule has 0 aliphatic heterocycles. The molecule has 0 saturated heterocycles. The SMILES string of the molecule is NCC1(n2cc(O)nn2)CC1. The second-order valence-corrected chi connectivity index (χ2v) is 2.95. The van der Waals surface area contributed by atoms with Crippen molar-refractivity contribution in [3.63, 3.8) is 0 Å². The molecule has 0 atom stereocenters. The van der Waals surface area contributed by atoms with Crippen molar-refractivity contribution in [1.29, 1.82) is 0 Å². The van der Waals surface area contributed by atoms with Crippen LogP contribution in [0.4, 0.5) is 0 Å². The Hall–Kier alpha value is -1.10. The fourth-order valence-electron chi connectivity index (χ4n) is 1.16. The second kappa shape index (κ2) is 1.94. The molecule has 1 aliphatic carbocycles. The zero-order valence-corrected chi connectivity index (χ0v) is 6.06. The molecule has 0 unspecified atom stereocenters. The quantitative estimate of drug-likeness (QED) is 0.598. The van der Waals surface area contributed by atoms with Gasteiger partial charge in [0.15, 0.2) is 0 Å². The number of rotatable bonds is 2. The number of nitrogens with zero attached hydrogens (tertiary/aromatic N) is 3. The van der Waals surface area contributed by atoms with E-state index < -0.39 is 0 Å². The third-order valence-corrected chi connectivity index (χ3v) is 2.17. The maximum atomic E-state index is 8.90. The monoisotopic (exact) mass is 154 g/mol. The number of aromatic hydroxyl groups is 1. The maximum Gasteiger partial charge on any atom is 0.251 e. The minimum absolute atomic E-state index is 0.0337. The van der Waals surface area contributed by atoms with Crippen LogP contribution in [0.25, 0.3) is 0 Å². The molecule has 0 spiro atoms. The van der Waals surface area contributed by atoms with Crippen molar-refractivity contribution in [2.24, 2.45) is 5.73 Å². The minimum atomic E-state index is -0.0373. The number of hydrogen-bond acceptors (Lipinski definition) is 4. The fraction of sp³-hybridized carbons (Fsp3) is 0.667. The summed E-state index contributed by atoms with van der Waals surface area (Å²) in [4.78, 5) is 0. The van der Waals surface area contributed by atoms with E-state index in [1.807, 2.05) is 0 Å². The van der Waals surface area contributed by atoms with Gasteiger partial charge in [0, 0.05) is 6.54 Å². The fourth-order valence-corrected chi connectivity index (χ4v) is 1.16. The highest BCUT2D eigenvalue weighted by atomic mass is 16.3. The van der Waals surface area contributed by atoms with E-state index >= 15 is 0 Å². The molecule has 5 heteroatoms. The van der Waals surface area contributed by atoms with Crippen LogP contribution >= 0.6 is 0 Å². The molecular weight excluding hydrogens is 144 g/mol. The zero-order chi connectivity index (χ0) is 7.90. The van der Waals surface area contributed by atoms with Crippen molar-refractivity contribution in [2.75, 3.05) is 6.54 Å². The smallest absolute Gasteiger partial charge is 0.251 e. The summed E-state index contributed by atoms with van der Waals surface area (Å²) < 4.78 is 1.66. The van der Waals surface area contributed by atoms with Gasteiger partial charge in [-0.05, 0) is 12.8 Å².